The fourth-order valence-corrected chi connectivity index (χ4v) is 1.64. The Labute approximate surface area is 111 Å². The van der Waals surface area contributed by atoms with Gasteiger partial charge in [0.1, 0.15) is 5.75 Å². The third-order valence-corrected chi connectivity index (χ3v) is 2.91. The maximum atomic E-state index is 9.25. The molecule has 0 bridgehead atoms. The Balaban J connectivity index is 2.98. The summed E-state index contributed by atoms with van der Waals surface area (Å²) in [6, 6.07) is 6.25. The molecule has 0 fully saturated rings. The number of ether oxygens (including phenoxy) is 1. The van der Waals surface area contributed by atoms with Crippen LogP contribution in [-0.2, 0) is 0 Å². The summed E-state index contributed by atoms with van der Waals surface area (Å²) in [5.41, 5.74) is 2.32. The molecule has 0 spiro atoms. The van der Waals surface area contributed by atoms with Crippen molar-refractivity contribution in [3.63, 3.8) is 0 Å². The molecule has 0 aliphatic heterocycles. The van der Waals surface area contributed by atoms with E-state index in [9.17, 15) is 5.11 Å². The molecule has 0 amide bonds. The number of aliphatic hydroxyl groups is 1. The van der Waals surface area contributed by atoms with E-state index in [1.807, 2.05) is 13.0 Å². The van der Waals surface area contributed by atoms with Gasteiger partial charge in [0, 0.05) is 5.92 Å². The molecule has 18 heavy (non-hydrogen) atoms. The molecule has 1 N–H and O–H groups in total. The maximum absolute atomic E-state index is 9.25. The van der Waals surface area contributed by atoms with Crippen molar-refractivity contribution >= 4 is 0 Å². The van der Waals surface area contributed by atoms with Crippen LogP contribution >= 0.6 is 0 Å². The van der Waals surface area contributed by atoms with Crippen molar-refractivity contribution in [3.05, 3.63) is 35.2 Å². The minimum atomic E-state index is 0.0885. The Morgan fingerprint density at radius 1 is 1.17 bits per heavy atom. The second kappa shape index (κ2) is 6.79. The van der Waals surface area contributed by atoms with Gasteiger partial charge in [-0.2, -0.15) is 0 Å². The molecule has 0 saturated carbocycles. The van der Waals surface area contributed by atoms with Gasteiger partial charge in [0.05, 0.1) is 13.2 Å². The lowest BCUT2D eigenvalue weighted by atomic mass is 9.95. The number of rotatable bonds is 6. The summed E-state index contributed by atoms with van der Waals surface area (Å²) in [6.45, 7) is 11.4. The van der Waals surface area contributed by atoms with Gasteiger partial charge in [-0.05, 0) is 35.1 Å². The molecule has 2 nitrogen and oxygen atoms in total. The van der Waals surface area contributed by atoms with Crippen LogP contribution in [0.25, 0.3) is 0 Å². The predicted molar refractivity (Wildman–Crippen MR) is 76.0 cm³/mol. The monoisotopic (exact) mass is 249 g/mol. The normalized spacial score (nSPS) is 11.6. The molecule has 2 heteroatoms. The number of benzene rings is 1. The molecular formula is C16H25O2. The van der Waals surface area contributed by atoms with Crippen molar-refractivity contribution < 1.29 is 9.84 Å². The van der Waals surface area contributed by atoms with Crippen LogP contribution in [0.5, 0.6) is 5.75 Å². The van der Waals surface area contributed by atoms with Crippen molar-refractivity contribution in [2.24, 2.45) is 5.92 Å². The Morgan fingerprint density at radius 2 is 1.83 bits per heavy atom. The van der Waals surface area contributed by atoms with E-state index < -0.39 is 0 Å². The predicted octanol–water partition coefficient (Wildman–Crippen LogP) is 3.78. The highest BCUT2D eigenvalue weighted by Crippen LogP contribution is 2.27. The number of hydrogen-bond donors (Lipinski definition) is 1. The molecule has 0 aliphatic rings. The second-order valence-electron chi connectivity index (χ2n) is 5.59. The molecule has 1 rings (SSSR count). The zero-order valence-corrected chi connectivity index (χ0v) is 12.2. The van der Waals surface area contributed by atoms with Crippen molar-refractivity contribution in [3.8, 4) is 5.75 Å². The molecular weight excluding hydrogens is 224 g/mol. The minimum Gasteiger partial charge on any atom is -0.493 e. The van der Waals surface area contributed by atoms with Crippen LogP contribution in [0, 0.1) is 11.8 Å². The minimum absolute atomic E-state index is 0.0885. The quantitative estimate of drug-likeness (QED) is 0.831. The van der Waals surface area contributed by atoms with Crippen molar-refractivity contribution in [1.82, 2.24) is 0 Å². The molecule has 0 unspecified atom stereocenters. The fourth-order valence-electron chi connectivity index (χ4n) is 1.64. The van der Waals surface area contributed by atoms with Gasteiger partial charge in [-0.15, -0.1) is 0 Å². The summed E-state index contributed by atoms with van der Waals surface area (Å²) in [4.78, 5) is 0. The molecule has 1 aromatic carbocycles. The van der Waals surface area contributed by atoms with Gasteiger partial charge in [0.25, 0.3) is 0 Å². The molecule has 101 valence electrons. The van der Waals surface area contributed by atoms with Gasteiger partial charge >= 0.3 is 0 Å². The smallest absolute Gasteiger partial charge is 0.119 e. The molecule has 1 radical (unpaired) electrons. The zero-order chi connectivity index (χ0) is 13.7. The van der Waals surface area contributed by atoms with Crippen LogP contribution in [0.15, 0.2) is 18.2 Å². The van der Waals surface area contributed by atoms with E-state index in [0.29, 0.717) is 11.8 Å². The topological polar surface area (TPSA) is 29.5 Å². The Bertz CT molecular complexity index is 369. The van der Waals surface area contributed by atoms with E-state index in [0.717, 1.165) is 23.8 Å². The van der Waals surface area contributed by atoms with Crippen LogP contribution < -0.4 is 4.74 Å². The van der Waals surface area contributed by atoms with Crippen molar-refractivity contribution in [2.45, 2.75) is 40.5 Å². The highest BCUT2D eigenvalue weighted by Gasteiger charge is 2.11. The number of aliphatic hydroxyl groups excluding tert-OH is 1. The lowest BCUT2D eigenvalue weighted by Gasteiger charge is -2.16. The molecule has 1 aromatic rings. The first-order valence-electron chi connectivity index (χ1n) is 6.65. The summed E-state index contributed by atoms with van der Waals surface area (Å²) in [7, 11) is 0. The average Bonchev–Trinajstić information content (AvgIpc) is 2.34. The Kier molecular flexibility index (Phi) is 5.67. The first kappa shape index (κ1) is 15.0. The van der Waals surface area contributed by atoms with Crippen LogP contribution in [0.3, 0.4) is 0 Å². The Morgan fingerprint density at radius 3 is 2.33 bits per heavy atom. The van der Waals surface area contributed by atoms with Crippen LogP contribution in [0.2, 0.25) is 0 Å². The standard InChI is InChI=1S/C16H25O2/c1-11(2)10-18-16-7-14(12(3)4)6-15(8-16)13(5)9-17/h6-8,11-12,17H,9-10H2,1-5H3. The first-order chi connectivity index (χ1) is 8.43. The number of hydrogen-bond acceptors (Lipinski definition) is 2. The van der Waals surface area contributed by atoms with Gasteiger partial charge in [-0.3, -0.25) is 0 Å². The SMILES string of the molecule is C[C](CO)c1cc(OCC(C)C)cc(C(C)C)c1. The third-order valence-electron chi connectivity index (χ3n) is 2.91. The summed E-state index contributed by atoms with van der Waals surface area (Å²) in [5.74, 6) is 2.85. The summed E-state index contributed by atoms with van der Waals surface area (Å²) < 4.78 is 5.80. The van der Waals surface area contributed by atoms with Crippen LogP contribution in [0.1, 0.15) is 51.7 Å². The van der Waals surface area contributed by atoms with Crippen LogP contribution in [0.4, 0.5) is 0 Å². The van der Waals surface area contributed by atoms with Gasteiger partial charge in [-0.1, -0.05) is 40.7 Å². The second-order valence-corrected chi connectivity index (χ2v) is 5.59. The highest BCUT2D eigenvalue weighted by molar-refractivity contribution is 5.42. The molecule has 0 aliphatic carbocycles. The molecule has 0 atom stereocenters. The van der Waals surface area contributed by atoms with Crippen molar-refractivity contribution in [2.75, 3.05) is 13.2 Å². The van der Waals surface area contributed by atoms with Crippen LogP contribution in [-0.4, -0.2) is 18.3 Å². The fraction of sp³-hybridized carbons (Fsp3) is 0.562. The summed E-state index contributed by atoms with van der Waals surface area (Å²) >= 11 is 0. The highest BCUT2D eigenvalue weighted by atomic mass is 16.5. The summed E-state index contributed by atoms with van der Waals surface area (Å²) in [6.07, 6.45) is 0. The molecule has 0 aromatic heterocycles. The van der Waals surface area contributed by atoms with E-state index in [1.54, 1.807) is 0 Å². The maximum Gasteiger partial charge on any atom is 0.119 e. The summed E-state index contributed by atoms with van der Waals surface area (Å²) in [5, 5.41) is 9.25. The third kappa shape index (κ3) is 4.34. The largest absolute Gasteiger partial charge is 0.493 e. The van der Waals surface area contributed by atoms with E-state index in [2.05, 4.69) is 39.8 Å². The van der Waals surface area contributed by atoms with E-state index in [-0.39, 0.29) is 6.61 Å². The lowest BCUT2D eigenvalue weighted by molar-refractivity contribution is 0.270. The van der Waals surface area contributed by atoms with Gasteiger partial charge < -0.3 is 9.84 Å². The van der Waals surface area contributed by atoms with Gasteiger partial charge in [0.2, 0.25) is 0 Å². The van der Waals surface area contributed by atoms with Gasteiger partial charge in [-0.25, -0.2) is 0 Å². The zero-order valence-electron chi connectivity index (χ0n) is 12.2. The van der Waals surface area contributed by atoms with E-state index >= 15 is 0 Å². The van der Waals surface area contributed by atoms with Gasteiger partial charge in [0.15, 0.2) is 0 Å². The first-order valence-corrected chi connectivity index (χ1v) is 6.65. The Hall–Kier alpha value is -1.02. The molecule has 0 saturated heterocycles. The lowest BCUT2D eigenvalue weighted by Crippen LogP contribution is -2.07. The molecule has 0 heterocycles. The van der Waals surface area contributed by atoms with E-state index in [4.69, 9.17) is 4.74 Å². The average molecular weight is 249 g/mol. The van der Waals surface area contributed by atoms with Crippen molar-refractivity contribution in [1.29, 1.82) is 0 Å². The van der Waals surface area contributed by atoms with E-state index in [1.165, 1.54) is 5.56 Å².